The molecule has 0 spiro atoms. The smallest absolute Gasteiger partial charge is 0.114 e. The zero-order chi connectivity index (χ0) is 33.2. The van der Waals surface area contributed by atoms with E-state index in [1.807, 2.05) is 11.3 Å². The lowest BCUT2D eigenvalue weighted by Gasteiger charge is -2.20. The van der Waals surface area contributed by atoms with Crippen molar-refractivity contribution >= 4 is 64.1 Å². The average molecular weight is 657 g/mol. The summed E-state index contributed by atoms with van der Waals surface area (Å²) in [6.45, 7) is 2.18. The van der Waals surface area contributed by atoms with Gasteiger partial charge in [0, 0.05) is 32.3 Å². The van der Waals surface area contributed by atoms with Gasteiger partial charge in [-0.15, -0.1) is 11.3 Å². The molecule has 236 valence electrons. The van der Waals surface area contributed by atoms with Gasteiger partial charge in [-0.2, -0.15) is 0 Å². The van der Waals surface area contributed by atoms with E-state index >= 15 is 0 Å². The minimum Gasteiger partial charge on any atom is -0.296 e. The normalized spacial score (nSPS) is 11.8. The molecule has 0 bridgehead atoms. The second kappa shape index (κ2) is 11.5. The molecule has 0 atom stereocenters. The molecule has 0 aliphatic heterocycles. The first-order chi connectivity index (χ1) is 24.8. The molecule has 10 rings (SSSR count). The summed E-state index contributed by atoms with van der Waals surface area (Å²) in [5.74, 6) is 1.07. The molecule has 0 radical (unpaired) electrons. The van der Waals surface area contributed by atoms with Crippen LogP contribution in [-0.2, 0) is 6.42 Å². The van der Waals surface area contributed by atoms with E-state index in [1.54, 1.807) is 0 Å². The molecule has 0 aliphatic carbocycles. The van der Waals surface area contributed by atoms with Gasteiger partial charge in [0.1, 0.15) is 5.82 Å². The van der Waals surface area contributed by atoms with Gasteiger partial charge in [0.05, 0.1) is 11.0 Å². The van der Waals surface area contributed by atoms with E-state index in [2.05, 4.69) is 175 Å². The number of para-hydroxylation sites is 2. The van der Waals surface area contributed by atoms with Gasteiger partial charge in [0.15, 0.2) is 0 Å². The van der Waals surface area contributed by atoms with E-state index < -0.39 is 0 Å². The third-order valence-corrected chi connectivity index (χ3v) is 11.3. The number of benzene rings is 8. The van der Waals surface area contributed by atoms with Crippen LogP contribution in [0.2, 0.25) is 0 Å². The Kier molecular flexibility index (Phi) is 6.68. The van der Waals surface area contributed by atoms with Crippen molar-refractivity contribution in [1.82, 2.24) is 9.55 Å². The van der Waals surface area contributed by atoms with Crippen LogP contribution in [0, 0.1) is 0 Å². The van der Waals surface area contributed by atoms with Crippen molar-refractivity contribution in [3.8, 4) is 39.1 Å². The first-order valence-electron chi connectivity index (χ1n) is 17.3. The van der Waals surface area contributed by atoms with Gasteiger partial charge in [0.2, 0.25) is 0 Å². The second-order valence-electron chi connectivity index (χ2n) is 13.0. The fraction of sp³-hybridized carbons (Fsp3) is 0.0426. The molecule has 0 unspecified atom stereocenters. The number of hydrogen-bond donors (Lipinski definition) is 0. The molecule has 2 aromatic heterocycles. The number of imidazole rings is 1. The Hall–Kier alpha value is -6.03. The summed E-state index contributed by atoms with van der Waals surface area (Å²) in [7, 11) is 0. The SMILES string of the molecule is CCc1nc2ccccc2n1-c1cccc(-c2c3ccccc3c(-c3cccc4sc5ccccc5c34)c3cc(-c4ccccc4)ccc23)c1. The van der Waals surface area contributed by atoms with Crippen molar-refractivity contribution in [2.75, 3.05) is 0 Å². The highest BCUT2D eigenvalue weighted by molar-refractivity contribution is 7.25. The molecule has 0 aliphatic rings. The van der Waals surface area contributed by atoms with Crippen LogP contribution in [0.1, 0.15) is 12.7 Å². The first kappa shape index (κ1) is 28.9. The van der Waals surface area contributed by atoms with Gasteiger partial charge >= 0.3 is 0 Å². The zero-order valence-corrected chi connectivity index (χ0v) is 28.4. The minimum absolute atomic E-state index is 0.852. The van der Waals surface area contributed by atoms with Crippen LogP contribution >= 0.6 is 11.3 Å². The molecule has 2 nitrogen and oxygen atoms in total. The molecule has 0 fully saturated rings. The van der Waals surface area contributed by atoms with Crippen molar-refractivity contribution in [3.05, 3.63) is 170 Å². The maximum absolute atomic E-state index is 5.00. The summed E-state index contributed by atoms with van der Waals surface area (Å²) in [6, 6.07) is 60.0. The third kappa shape index (κ3) is 4.44. The van der Waals surface area contributed by atoms with E-state index in [4.69, 9.17) is 4.98 Å². The monoisotopic (exact) mass is 656 g/mol. The number of rotatable bonds is 5. The average Bonchev–Trinajstić information content (AvgIpc) is 3.76. The lowest BCUT2D eigenvalue weighted by molar-refractivity contribution is 0.908. The van der Waals surface area contributed by atoms with E-state index in [0.29, 0.717) is 0 Å². The third-order valence-electron chi connectivity index (χ3n) is 10.1. The fourth-order valence-electron chi connectivity index (χ4n) is 7.97. The summed E-state index contributed by atoms with van der Waals surface area (Å²) in [4.78, 5) is 5.00. The summed E-state index contributed by atoms with van der Waals surface area (Å²) >= 11 is 1.88. The molecular formula is C47H32N2S. The Morgan fingerprint density at radius 2 is 1.18 bits per heavy atom. The maximum Gasteiger partial charge on any atom is 0.114 e. The number of aromatic nitrogens is 2. The van der Waals surface area contributed by atoms with Gasteiger partial charge < -0.3 is 0 Å². The fourth-order valence-corrected chi connectivity index (χ4v) is 9.11. The predicted molar refractivity (Wildman–Crippen MR) is 215 cm³/mol. The lowest BCUT2D eigenvalue weighted by atomic mass is 9.84. The van der Waals surface area contributed by atoms with Crippen molar-refractivity contribution < 1.29 is 0 Å². The molecule has 0 amide bonds. The molecule has 2 heterocycles. The van der Waals surface area contributed by atoms with E-state index in [9.17, 15) is 0 Å². The highest BCUT2D eigenvalue weighted by atomic mass is 32.1. The Balaban J connectivity index is 1.32. The Morgan fingerprint density at radius 3 is 2.04 bits per heavy atom. The van der Waals surface area contributed by atoms with Crippen molar-refractivity contribution in [2.45, 2.75) is 13.3 Å². The summed E-state index contributed by atoms with van der Waals surface area (Å²) in [5.41, 5.74) is 10.7. The number of aryl methyl sites for hydroxylation is 1. The van der Waals surface area contributed by atoms with Gasteiger partial charge in [-0.1, -0.05) is 128 Å². The van der Waals surface area contributed by atoms with E-state index in [-0.39, 0.29) is 0 Å². The molecular weight excluding hydrogens is 625 g/mol. The Bertz CT molecular complexity index is 2910. The highest BCUT2D eigenvalue weighted by Crippen LogP contribution is 2.48. The Morgan fingerprint density at radius 1 is 0.500 bits per heavy atom. The van der Waals surface area contributed by atoms with E-state index in [0.717, 1.165) is 29.0 Å². The topological polar surface area (TPSA) is 17.8 Å². The largest absolute Gasteiger partial charge is 0.296 e. The molecule has 0 N–H and O–H groups in total. The van der Waals surface area contributed by atoms with Crippen LogP contribution in [0.5, 0.6) is 0 Å². The number of thiophene rings is 1. The Labute approximate surface area is 294 Å². The number of hydrogen-bond acceptors (Lipinski definition) is 2. The summed E-state index contributed by atoms with van der Waals surface area (Å²) in [6.07, 6.45) is 0.852. The molecule has 3 heteroatoms. The standard InChI is InChI=1S/C47H32N2S/c1-2-44-48-40-22-9-10-23-41(40)49(44)33-17-12-16-32(28-33)45-34-18-6-7-19-35(34)46(39-29-31(26-27-36(39)45)30-14-4-3-5-15-30)38-21-13-25-43-47(38)37-20-8-11-24-42(37)50-43/h3-29H,2H2,1H3. The van der Waals surface area contributed by atoms with Crippen LogP contribution in [-0.4, -0.2) is 9.55 Å². The van der Waals surface area contributed by atoms with E-state index in [1.165, 1.54) is 75.1 Å². The zero-order valence-electron chi connectivity index (χ0n) is 27.6. The van der Waals surface area contributed by atoms with Crippen LogP contribution in [0.3, 0.4) is 0 Å². The maximum atomic E-state index is 5.00. The van der Waals surface area contributed by atoms with Gasteiger partial charge in [-0.3, -0.25) is 4.57 Å². The predicted octanol–water partition coefficient (Wildman–Crippen LogP) is 13.3. The van der Waals surface area contributed by atoms with Crippen molar-refractivity contribution in [1.29, 1.82) is 0 Å². The highest BCUT2D eigenvalue weighted by Gasteiger charge is 2.21. The van der Waals surface area contributed by atoms with Crippen molar-refractivity contribution in [3.63, 3.8) is 0 Å². The molecule has 8 aromatic carbocycles. The van der Waals surface area contributed by atoms with Crippen LogP contribution in [0.4, 0.5) is 0 Å². The number of fused-ring (bicyclic) bond motifs is 6. The van der Waals surface area contributed by atoms with Crippen LogP contribution in [0.15, 0.2) is 164 Å². The molecule has 0 saturated carbocycles. The van der Waals surface area contributed by atoms with Crippen molar-refractivity contribution in [2.24, 2.45) is 0 Å². The molecule has 50 heavy (non-hydrogen) atoms. The van der Waals surface area contributed by atoms with Gasteiger partial charge in [-0.25, -0.2) is 4.98 Å². The first-order valence-corrected chi connectivity index (χ1v) is 18.1. The minimum atomic E-state index is 0.852. The summed E-state index contributed by atoms with van der Waals surface area (Å²) < 4.78 is 4.96. The number of nitrogens with zero attached hydrogens (tertiary/aromatic N) is 2. The second-order valence-corrected chi connectivity index (χ2v) is 14.0. The quantitative estimate of drug-likeness (QED) is 0.169. The lowest BCUT2D eigenvalue weighted by Crippen LogP contribution is -2.00. The van der Waals surface area contributed by atoms with Gasteiger partial charge in [-0.05, 0) is 97.4 Å². The van der Waals surface area contributed by atoms with Gasteiger partial charge in [0.25, 0.3) is 0 Å². The summed E-state index contributed by atoms with van der Waals surface area (Å²) in [5, 5.41) is 7.67. The van der Waals surface area contributed by atoms with Crippen LogP contribution in [0.25, 0.3) is 91.8 Å². The molecule has 10 aromatic rings. The molecule has 0 saturated heterocycles. The van der Waals surface area contributed by atoms with Crippen LogP contribution < -0.4 is 0 Å².